The van der Waals surface area contributed by atoms with E-state index in [1.807, 2.05) is 0 Å². The molecule has 0 saturated carbocycles. The van der Waals surface area contributed by atoms with E-state index in [0.717, 1.165) is 26.1 Å². The minimum Gasteiger partial charge on any atom is -0.308 e. The van der Waals surface area contributed by atoms with Gasteiger partial charge in [0.05, 0.1) is 0 Å². The molecule has 0 unspecified atom stereocenters. The summed E-state index contributed by atoms with van der Waals surface area (Å²) in [5.41, 5.74) is 2.87. The molecule has 102 valence electrons. The van der Waals surface area contributed by atoms with E-state index in [1.54, 1.807) is 0 Å². The van der Waals surface area contributed by atoms with E-state index < -0.39 is 0 Å². The van der Waals surface area contributed by atoms with Crippen LogP contribution >= 0.6 is 0 Å². The fourth-order valence-corrected chi connectivity index (χ4v) is 2.03. The van der Waals surface area contributed by atoms with Crippen LogP contribution in [0, 0.1) is 0 Å². The van der Waals surface area contributed by atoms with Crippen molar-refractivity contribution in [3.05, 3.63) is 35.4 Å². The molecule has 0 aliphatic carbocycles. The lowest BCUT2D eigenvalue weighted by atomic mass is 10.1. The van der Waals surface area contributed by atoms with Crippen molar-refractivity contribution in [1.29, 1.82) is 0 Å². The highest BCUT2D eigenvalue weighted by Crippen LogP contribution is 2.11. The molecule has 0 aromatic heterocycles. The summed E-state index contributed by atoms with van der Waals surface area (Å²) in [5.74, 6) is 0. The maximum atomic E-state index is 2.54. The minimum absolute atomic E-state index is 0.593. The van der Waals surface area contributed by atoms with Crippen molar-refractivity contribution in [2.24, 2.45) is 0 Å². The van der Waals surface area contributed by atoms with Crippen LogP contribution < -0.4 is 0 Å². The van der Waals surface area contributed by atoms with Crippen LogP contribution in [0.3, 0.4) is 0 Å². The van der Waals surface area contributed by atoms with Gasteiger partial charge in [0.25, 0.3) is 0 Å². The number of aryl methyl sites for hydroxylation is 1. The highest BCUT2D eigenvalue weighted by molar-refractivity contribution is 5.23. The second-order valence-electron chi connectivity index (χ2n) is 5.54. The van der Waals surface area contributed by atoms with Gasteiger partial charge in [-0.2, -0.15) is 0 Å². The summed E-state index contributed by atoms with van der Waals surface area (Å²) in [6.07, 6.45) is 1.12. The van der Waals surface area contributed by atoms with E-state index in [4.69, 9.17) is 0 Å². The van der Waals surface area contributed by atoms with Crippen LogP contribution in [-0.4, -0.2) is 43.0 Å². The molecule has 0 aliphatic rings. The number of hydrogen-bond donors (Lipinski definition) is 0. The minimum atomic E-state index is 0.593. The Bertz CT molecular complexity index is 345. The van der Waals surface area contributed by atoms with Crippen LogP contribution in [0.4, 0.5) is 0 Å². The lowest BCUT2D eigenvalue weighted by Gasteiger charge is -2.28. The molecule has 0 spiro atoms. The Morgan fingerprint density at radius 1 is 1.06 bits per heavy atom. The van der Waals surface area contributed by atoms with Crippen molar-refractivity contribution in [2.75, 3.05) is 27.2 Å². The van der Waals surface area contributed by atoms with Gasteiger partial charge < -0.3 is 4.90 Å². The Kier molecular flexibility index (Phi) is 6.37. The third-order valence-electron chi connectivity index (χ3n) is 3.35. The highest BCUT2D eigenvalue weighted by atomic mass is 15.2. The fraction of sp³-hybridized carbons (Fsp3) is 0.625. The van der Waals surface area contributed by atoms with Gasteiger partial charge >= 0.3 is 0 Å². The van der Waals surface area contributed by atoms with Crippen molar-refractivity contribution in [1.82, 2.24) is 9.80 Å². The van der Waals surface area contributed by atoms with Crippen LogP contribution in [-0.2, 0) is 13.0 Å². The van der Waals surface area contributed by atoms with Gasteiger partial charge in [-0.3, -0.25) is 4.90 Å². The molecule has 2 nitrogen and oxygen atoms in total. The number of nitrogens with zero attached hydrogens (tertiary/aromatic N) is 2. The summed E-state index contributed by atoms with van der Waals surface area (Å²) < 4.78 is 0. The average molecular weight is 248 g/mol. The summed E-state index contributed by atoms with van der Waals surface area (Å²) in [4.78, 5) is 4.78. The van der Waals surface area contributed by atoms with Crippen LogP contribution in [0.25, 0.3) is 0 Å². The van der Waals surface area contributed by atoms with Crippen LogP contribution in [0.5, 0.6) is 0 Å². The van der Waals surface area contributed by atoms with Gasteiger partial charge in [-0.15, -0.1) is 0 Å². The quantitative estimate of drug-likeness (QED) is 0.732. The van der Waals surface area contributed by atoms with Crippen LogP contribution in [0.2, 0.25) is 0 Å². The average Bonchev–Trinajstić information content (AvgIpc) is 2.34. The van der Waals surface area contributed by atoms with E-state index >= 15 is 0 Å². The van der Waals surface area contributed by atoms with Crippen LogP contribution in [0.1, 0.15) is 31.9 Å². The van der Waals surface area contributed by atoms with Crippen molar-refractivity contribution >= 4 is 0 Å². The molecule has 0 aliphatic heterocycles. The Morgan fingerprint density at radius 2 is 1.72 bits per heavy atom. The molecular weight excluding hydrogens is 220 g/mol. The summed E-state index contributed by atoms with van der Waals surface area (Å²) in [6, 6.07) is 9.56. The first kappa shape index (κ1) is 15.2. The van der Waals surface area contributed by atoms with E-state index in [2.05, 4.69) is 68.9 Å². The zero-order chi connectivity index (χ0) is 13.5. The largest absolute Gasteiger partial charge is 0.308 e. The van der Waals surface area contributed by atoms with E-state index in [1.165, 1.54) is 11.1 Å². The van der Waals surface area contributed by atoms with Gasteiger partial charge in [-0.25, -0.2) is 0 Å². The smallest absolute Gasteiger partial charge is 0.0237 e. The first-order chi connectivity index (χ1) is 8.52. The summed E-state index contributed by atoms with van der Waals surface area (Å²) in [6.45, 7) is 10.1. The molecule has 0 amide bonds. The molecule has 0 saturated heterocycles. The molecule has 1 aromatic carbocycles. The molecule has 0 N–H and O–H groups in total. The molecule has 0 atom stereocenters. The molecular formula is C16H28N2. The third-order valence-corrected chi connectivity index (χ3v) is 3.35. The monoisotopic (exact) mass is 248 g/mol. The standard InChI is InChI=1S/C16H28N2/c1-6-15-8-7-9-16(12-15)13-18(14(2)3)11-10-17(4)5/h7-9,12,14H,6,10-11,13H2,1-5H3. The predicted molar refractivity (Wildman–Crippen MR) is 79.9 cm³/mol. The molecule has 1 aromatic rings. The van der Waals surface area contributed by atoms with E-state index in [-0.39, 0.29) is 0 Å². The Labute approximate surface area is 113 Å². The zero-order valence-corrected chi connectivity index (χ0v) is 12.6. The maximum Gasteiger partial charge on any atom is 0.0237 e. The lowest BCUT2D eigenvalue weighted by Crippen LogP contribution is -2.36. The maximum absolute atomic E-state index is 2.54. The number of hydrogen-bond acceptors (Lipinski definition) is 2. The van der Waals surface area contributed by atoms with Gasteiger partial charge in [-0.05, 0) is 45.5 Å². The first-order valence-electron chi connectivity index (χ1n) is 6.99. The Balaban J connectivity index is 2.64. The molecule has 0 heterocycles. The van der Waals surface area contributed by atoms with Crippen molar-refractivity contribution in [2.45, 2.75) is 39.8 Å². The van der Waals surface area contributed by atoms with Crippen LogP contribution in [0.15, 0.2) is 24.3 Å². The number of rotatable bonds is 7. The zero-order valence-electron chi connectivity index (χ0n) is 12.6. The van der Waals surface area contributed by atoms with Gasteiger partial charge in [0, 0.05) is 25.7 Å². The Hall–Kier alpha value is -0.860. The molecule has 0 fully saturated rings. The highest BCUT2D eigenvalue weighted by Gasteiger charge is 2.10. The predicted octanol–water partition coefficient (Wildman–Crippen LogP) is 3.02. The second-order valence-corrected chi connectivity index (χ2v) is 5.54. The molecule has 0 bridgehead atoms. The van der Waals surface area contributed by atoms with E-state index in [9.17, 15) is 0 Å². The van der Waals surface area contributed by atoms with E-state index in [0.29, 0.717) is 6.04 Å². The molecule has 18 heavy (non-hydrogen) atoms. The lowest BCUT2D eigenvalue weighted by molar-refractivity contribution is 0.191. The summed E-state index contributed by atoms with van der Waals surface area (Å²) in [7, 11) is 4.27. The number of likely N-dealkylation sites (N-methyl/N-ethyl adjacent to an activating group) is 1. The molecule has 2 heteroatoms. The fourth-order valence-electron chi connectivity index (χ4n) is 2.03. The van der Waals surface area contributed by atoms with Crippen molar-refractivity contribution in [3.63, 3.8) is 0 Å². The van der Waals surface area contributed by atoms with Crippen molar-refractivity contribution in [3.8, 4) is 0 Å². The van der Waals surface area contributed by atoms with Gasteiger partial charge in [0.1, 0.15) is 0 Å². The number of benzene rings is 1. The summed E-state index contributed by atoms with van der Waals surface area (Å²) >= 11 is 0. The topological polar surface area (TPSA) is 6.48 Å². The first-order valence-corrected chi connectivity index (χ1v) is 6.99. The summed E-state index contributed by atoms with van der Waals surface area (Å²) in [5, 5.41) is 0. The van der Waals surface area contributed by atoms with Gasteiger partial charge in [0.15, 0.2) is 0 Å². The Morgan fingerprint density at radius 3 is 2.28 bits per heavy atom. The van der Waals surface area contributed by atoms with Gasteiger partial charge in [-0.1, -0.05) is 31.2 Å². The normalized spacial score (nSPS) is 11.8. The third kappa shape index (κ3) is 5.19. The van der Waals surface area contributed by atoms with Crippen molar-refractivity contribution < 1.29 is 0 Å². The second kappa shape index (κ2) is 7.55. The SMILES string of the molecule is CCc1cccc(CN(CCN(C)C)C(C)C)c1. The van der Waals surface area contributed by atoms with Gasteiger partial charge in [0.2, 0.25) is 0 Å². The molecule has 1 rings (SSSR count). The molecule has 0 radical (unpaired) electrons.